The average molecular weight is 276 g/mol. The van der Waals surface area contributed by atoms with Gasteiger partial charge in [0.15, 0.2) is 0 Å². The van der Waals surface area contributed by atoms with Crippen LogP contribution in [-0.4, -0.2) is 0 Å². The first kappa shape index (κ1) is 13.2. The zero-order chi connectivity index (χ0) is 13.1. The van der Waals surface area contributed by atoms with Gasteiger partial charge in [-0.3, -0.25) is 0 Å². The standard InChI is InChI=1S/C14H16N2S2/c1-9-3-6-11(7-4-9)17-18-12-8-5-10(2)13(15)14(12)16/h3-8H,15-16H2,1-2H3. The molecular formula is C14H16N2S2. The maximum Gasteiger partial charge on any atom is 0.0697 e. The van der Waals surface area contributed by atoms with E-state index < -0.39 is 0 Å². The van der Waals surface area contributed by atoms with Crippen molar-refractivity contribution in [2.24, 2.45) is 0 Å². The van der Waals surface area contributed by atoms with E-state index in [0.717, 1.165) is 10.5 Å². The highest BCUT2D eigenvalue weighted by molar-refractivity contribution is 8.76. The predicted octanol–water partition coefficient (Wildman–Crippen LogP) is 4.27. The van der Waals surface area contributed by atoms with Crippen LogP contribution < -0.4 is 11.5 Å². The van der Waals surface area contributed by atoms with Crippen LogP contribution in [0, 0.1) is 13.8 Å². The third kappa shape index (κ3) is 2.94. The largest absolute Gasteiger partial charge is 0.397 e. The molecule has 2 nitrogen and oxygen atoms in total. The van der Waals surface area contributed by atoms with Crippen molar-refractivity contribution >= 4 is 33.0 Å². The van der Waals surface area contributed by atoms with E-state index in [-0.39, 0.29) is 0 Å². The van der Waals surface area contributed by atoms with E-state index in [0.29, 0.717) is 11.4 Å². The molecule has 0 aliphatic rings. The van der Waals surface area contributed by atoms with E-state index in [1.54, 1.807) is 21.6 Å². The SMILES string of the molecule is Cc1ccc(SSc2ccc(C)c(N)c2N)cc1. The lowest BCUT2D eigenvalue weighted by molar-refractivity contribution is 1.38. The van der Waals surface area contributed by atoms with Gasteiger partial charge in [-0.2, -0.15) is 0 Å². The van der Waals surface area contributed by atoms with Gasteiger partial charge in [-0.1, -0.05) is 45.4 Å². The molecule has 2 rings (SSSR count). The lowest BCUT2D eigenvalue weighted by atomic mass is 10.2. The van der Waals surface area contributed by atoms with Crippen molar-refractivity contribution in [3.05, 3.63) is 47.5 Å². The molecule has 0 spiro atoms. The van der Waals surface area contributed by atoms with Crippen molar-refractivity contribution < 1.29 is 0 Å². The maximum atomic E-state index is 6.01. The van der Waals surface area contributed by atoms with E-state index in [4.69, 9.17) is 11.5 Å². The third-order valence-electron chi connectivity index (χ3n) is 2.71. The fourth-order valence-corrected chi connectivity index (χ4v) is 3.57. The molecule has 2 aromatic carbocycles. The van der Waals surface area contributed by atoms with Gasteiger partial charge in [0.1, 0.15) is 0 Å². The summed E-state index contributed by atoms with van der Waals surface area (Å²) in [4.78, 5) is 2.23. The number of benzene rings is 2. The van der Waals surface area contributed by atoms with Gasteiger partial charge in [0.05, 0.1) is 11.4 Å². The summed E-state index contributed by atoms with van der Waals surface area (Å²) in [5, 5.41) is 0. The van der Waals surface area contributed by atoms with Gasteiger partial charge in [0.2, 0.25) is 0 Å². The first-order valence-electron chi connectivity index (χ1n) is 5.63. The monoisotopic (exact) mass is 276 g/mol. The minimum Gasteiger partial charge on any atom is -0.397 e. The summed E-state index contributed by atoms with van der Waals surface area (Å²) >= 11 is 0. The summed E-state index contributed by atoms with van der Waals surface area (Å²) in [6, 6.07) is 12.5. The maximum absolute atomic E-state index is 6.01. The number of hydrogen-bond donors (Lipinski definition) is 2. The van der Waals surface area contributed by atoms with Crippen molar-refractivity contribution in [3.8, 4) is 0 Å². The predicted molar refractivity (Wildman–Crippen MR) is 82.9 cm³/mol. The molecule has 4 heteroatoms. The van der Waals surface area contributed by atoms with Crippen LogP contribution in [0.3, 0.4) is 0 Å². The average Bonchev–Trinajstić information content (AvgIpc) is 2.37. The molecule has 18 heavy (non-hydrogen) atoms. The van der Waals surface area contributed by atoms with Crippen molar-refractivity contribution in [2.75, 3.05) is 11.5 Å². The van der Waals surface area contributed by atoms with Gasteiger partial charge < -0.3 is 11.5 Å². The van der Waals surface area contributed by atoms with E-state index in [2.05, 4.69) is 31.2 Å². The zero-order valence-corrected chi connectivity index (χ0v) is 12.1. The molecule has 0 saturated heterocycles. The Morgan fingerprint density at radius 1 is 0.778 bits per heavy atom. The molecule has 4 N–H and O–H groups in total. The van der Waals surface area contributed by atoms with Gasteiger partial charge in [-0.05, 0) is 37.6 Å². The Bertz CT molecular complexity index is 550. The van der Waals surface area contributed by atoms with Crippen LogP contribution in [0.4, 0.5) is 11.4 Å². The fourth-order valence-electron chi connectivity index (χ4n) is 1.48. The van der Waals surface area contributed by atoms with Crippen molar-refractivity contribution in [3.63, 3.8) is 0 Å². The second kappa shape index (κ2) is 5.59. The van der Waals surface area contributed by atoms with Gasteiger partial charge in [0, 0.05) is 9.79 Å². The molecule has 0 saturated carbocycles. The van der Waals surface area contributed by atoms with Gasteiger partial charge in [-0.15, -0.1) is 0 Å². The van der Waals surface area contributed by atoms with E-state index >= 15 is 0 Å². The second-order valence-corrected chi connectivity index (χ2v) is 6.43. The summed E-state index contributed by atoms with van der Waals surface area (Å²) in [6.45, 7) is 4.05. The molecule has 0 amide bonds. The van der Waals surface area contributed by atoms with Crippen LogP contribution in [0.15, 0.2) is 46.2 Å². The van der Waals surface area contributed by atoms with Crippen LogP contribution in [0.2, 0.25) is 0 Å². The van der Waals surface area contributed by atoms with Crippen molar-refractivity contribution in [1.82, 2.24) is 0 Å². The molecule has 0 unspecified atom stereocenters. The highest BCUT2D eigenvalue weighted by Crippen LogP contribution is 2.42. The molecule has 94 valence electrons. The van der Waals surface area contributed by atoms with E-state index in [1.807, 2.05) is 19.1 Å². The normalized spacial score (nSPS) is 10.6. The van der Waals surface area contributed by atoms with Gasteiger partial charge >= 0.3 is 0 Å². The summed E-state index contributed by atoms with van der Waals surface area (Å²) < 4.78 is 0. The number of nitrogen functional groups attached to an aromatic ring is 2. The number of rotatable bonds is 3. The Morgan fingerprint density at radius 3 is 2.11 bits per heavy atom. The molecular weight excluding hydrogens is 260 g/mol. The van der Waals surface area contributed by atoms with Crippen molar-refractivity contribution in [2.45, 2.75) is 23.6 Å². The number of nitrogens with two attached hydrogens (primary N) is 2. The van der Waals surface area contributed by atoms with E-state index in [1.165, 1.54) is 10.5 Å². The van der Waals surface area contributed by atoms with Crippen molar-refractivity contribution in [1.29, 1.82) is 0 Å². The molecule has 0 heterocycles. The smallest absolute Gasteiger partial charge is 0.0697 e. The second-order valence-electron chi connectivity index (χ2n) is 4.19. The van der Waals surface area contributed by atoms with Crippen LogP contribution in [0.5, 0.6) is 0 Å². The molecule has 0 radical (unpaired) electrons. The number of hydrogen-bond acceptors (Lipinski definition) is 4. The lowest BCUT2D eigenvalue weighted by Gasteiger charge is -2.09. The third-order valence-corrected chi connectivity index (χ3v) is 5.16. The molecule has 0 aliphatic carbocycles. The van der Waals surface area contributed by atoms with Crippen LogP contribution in [0.25, 0.3) is 0 Å². The zero-order valence-electron chi connectivity index (χ0n) is 10.4. The Morgan fingerprint density at radius 2 is 1.44 bits per heavy atom. The van der Waals surface area contributed by atoms with Crippen LogP contribution in [0.1, 0.15) is 11.1 Å². The first-order chi connectivity index (χ1) is 8.58. The quantitative estimate of drug-likeness (QED) is 0.649. The Balaban J connectivity index is 2.11. The van der Waals surface area contributed by atoms with Gasteiger partial charge in [-0.25, -0.2) is 0 Å². The number of anilines is 2. The summed E-state index contributed by atoms with van der Waals surface area (Å²) in [5.74, 6) is 0. The molecule has 0 aliphatic heterocycles. The molecule has 0 aromatic heterocycles. The fraction of sp³-hybridized carbons (Fsp3) is 0.143. The molecule has 0 fully saturated rings. The highest BCUT2D eigenvalue weighted by atomic mass is 33.1. The highest BCUT2D eigenvalue weighted by Gasteiger charge is 2.06. The van der Waals surface area contributed by atoms with E-state index in [9.17, 15) is 0 Å². The number of aryl methyl sites for hydroxylation is 2. The van der Waals surface area contributed by atoms with Crippen LogP contribution >= 0.6 is 21.6 Å². The Kier molecular flexibility index (Phi) is 4.09. The minimum absolute atomic E-state index is 0.680. The summed E-state index contributed by atoms with van der Waals surface area (Å²) in [6.07, 6.45) is 0. The summed E-state index contributed by atoms with van der Waals surface area (Å²) in [7, 11) is 3.33. The molecule has 2 aromatic rings. The lowest BCUT2D eigenvalue weighted by Crippen LogP contribution is -1.98. The van der Waals surface area contributed by atoms with Gasteiger partial charge in [0.25, 0.3) is 0 Å². The molecule has 0 atom stereocenters. The Labute approximate surface area is 116 Å². The Hall–Kier alpha value is -1.26. The summed E-state index contributed by atoms with van der Waals surface area (Å²) in [5.41, 5.74) is 15.6. The topological polar surface area (TPSA) is 52.0 Å². The van der Waals surface area contributed by atoms with Crippen LogP contribution in [-0.2, 0) is 0 Å². The first-order valence-corrected chi connectivity index (χ1v) is 7.78. The molecule has 0 bridgehead atoms. The minimum atomic E-state index is 0.680.